The molecule has 0 aromatic carbocycles. The first-order valence-corrected chi connectivity index (χ1v) is 2.64. The first kappa shape index (κ1) is 6.01. The molecule has 0 saturated heterocycles. The number of carbonyl (C=O) groups excluding carboxylic acids is 1. The van der Waals surface area contributed by atoms with E-state index >= 15 is 0 Å². The molecule has 0 aliphatic rings. The number of Topliss-reactive ketones (excluding diaryl/α,β-unsaturated/α-hetero) is 1. The van der Waals surface area contributed by atoms with Gasteiger partial charge < -0.3 is 4.52 Å². The lowest BCUT2D eigenvalue weighted by Crippen LogP contribution is -1.89. The van der Waals surface area contributed by atoms with E-state index in [4.69, 9.17) is 0 Å². The summed E-state index contributed by atoms with van der Waals surface area (Å²) in [5.41, 5.74) is 0.565. The third-order valence-corrected chi connectivity index (χ3v) is 1.13. The van der Waals surface area contributed by atoms with Gasteiger partial charge in [0, 0.05) is 0 Å². The van der Waals surface area contributed by atoms with Crippen molar-refractivity contribution in [2.45, 2.75) is 13.8 Å². The van der Waals surface area contributed by atoms with Crippen molar-refractivity contribution in [3.8, 4) is 0 Å². The molecule has 0 N–H and O–H groups in total. The van der Waals surface area contributed by atoms with Crippen LogP contribution in [0.1, 0.15) is 23.0 Å². The van der Waals surface area contributed by atoms with E-state index in [1.807, 2.05) is 0 Å². The van der Waals surface area contributed by atoms with Gasteiger partial charge in [-0.1, -0.05) is 5.16 Å². The van der Waals surface area contributed by atoms with Gasteiger partial charge in [0.25, 0.3) is 0 Å². The second-order valence-corrected chi connectivity index (χ2v) is 1.85. The Kier molecular flexibility index (Phi) is 1.34. The molecule has 3 heteroatoms. The van der Waals surface area contributed by atoms with E-state index in [1.54, 1.807) is 6.92 Å². The van der Waals surface area contributed by atoms with Crippen LogP contribution >= 0.6 is 0 Å². The number of aromatic nitrogens is 1. The van der Waals surface area contributed by atoms with Gasteiger partial charge in [0.05, 0.1) is 11.8 Å². The van der Waals surface area contributed by atoms with Gasteiger partial charge in [0.2, 0.25) is 0 Å². The molecule has 9 heavy (non-hydrogen) atoms. The fraction of sp³-hybridized carbons (Fsp3) is 0.333. The minimum absolute atomic E-state index is 0.00579. The van der Waals surface area contributed by atoms with E-state index < -0.39 is 0 Å². The molecular formula is C6H7NO2. The molecule has 1 aromatic rings. The molecule has 1 heterocycles. The number of carbonyl (C=O) groups is 1. The van der Waals surface area contributed by atoms with Crippen LogP contribution < -0.4 is 0 Å². The summed E-state index contributed by atoms with van der Waals surface area (Å²) in [7, 11) is 0. The summed E-state index contributed by atoms with van der Waals surface area (Å²) < 4.78 is 4.65. The fourth-order valence-corrected chi connectivity index (χ4v) is 0.637. The molecule has 0 bridgehead atoms. The summed E-state index contributed by atoms with van der Waals surface area (Å²) in [5, 5.41) is 3.45. The van der Waals surface area contributed by atoms with Crippen molar-refractivity contribution in [1.82, 2.24) is 5.16 Å². The van der Waals surface area contributed by atoms with Crippen molar-refractivity contribution in [1.29, 1.82) is 0 Å². The summed E-state index contributed by atoms with van der Waals surface area (Å²) in [5.74, 6) is 0.580. The second-order valence-electron chi connectivity index (χ2n) is 1.85. The minimum Gasteiger partial charge on any atom is -0.361 e. The lowest BCUT2D eigenvalue weighted by atomic mass is 10.2. The van der Waals surface area contributed by atoms with Gasteiger partial charge in [-0.15, -0.1) is 0 Å². The molecule has 0 fully saturated rings. The molecule has 3 nitrogen and oxygen atoms in total. The van der Waals surface area contributed by atoms with Crippen molar-refractivity contribution in [2.24, 2.45) is 0 Å². The number of aryl methyl sites for hydroxylation is 1. The Balaban J connectivity index is 3.08. The zero-order valence-electron chi connectivity index (χ0n) is 5.34. The zero-order chi connectivity index (χ0) is 6.85. The number of nitrogens with zero attached hydrogens (tertiary/aromatic N) is 1. The standard InChI is InChI=1S/C6H7NO2/c1-4(8)6-3-7-9-5(6)2/h3H,1-2H3. The molecule has 0 radical (unpaired) electrons. The third kappa shape index (κ3) is 0.988. The predicted octanol–water partition coefficient (Wildman–Crippen LogP) is 1.19. The molecule has 1 aromatic heterocycles. The summed E-state index contributed by atoms with van der Waals surface area (Å²) in [6.07, 6.45) is 1.43. The van der Waals surface area contributed by atoms with E-state index in [-0.39, 0.29) is 5.78 Å². The molecular weight excluding hydrogens is 118 g/mol. The fourth-order valence-electron chi connectivity index (χ4n) is 0.637. The summed E-state index contributed by atoms with van der Waals surface area (Å²) in [6.45, 7) is 3.20. The topological polar surface area (TPSA) is 43.1 Å². The molecule has 0 atom stereocenters. The van der Waals surface area contributed by atoms with Gasteiger partial charge in [-0.2, -0.15) is 0 Å². The van der Waals surface area contributed by atoms with Crippen molar-refractivity contribution >= 4 is 5.78 Å². The van der Waals surface area contributed by atoms with Crippen LogP contribution in [0.25, 0.3) is 0 Å². The molecule has 1 rings (SSSR count). The summed E-state index contributed by atoms with van der Waals surface area (Å²) >= 11 is 0. The minimum atomic E-state index is -0.00579. The van der Waals surface area contributed by atoms with Gasteiger partial charge in [0.15, 0.2) is 5.78 Å². The molecule has 0 unspecified atom stereocenters. The molecule has 0 saturated carbocycles. The Hall–Kier alpha value is -1.12. The summed E-state index contributed by atoms with van der Waals surface area (Å²) in [6, 6.07) is 0. The SMILES string of the molecule is CC(=O)c1cnoc1C. The monoisotopic (exact) mass is 125 g/mol. The highest BCUT2D eigenvalue weighted by Gasteiger charge is 2.05. The largest absolute Gasteiger partial charge is 0.361 e. The van der Waals surface area contributed by atoms with Gasteiger partial charge >= 0.3 is 0 Å². The van der Waals surface area contributed by atoms with Crippen molar-refractivity contribution in [2.75, 3.05) is 0 Å². The van der Waals surface area contributed by atoms with Gasteiger partial charge in [-0.3, -0.25) is 4.79 Å². The van der Waals surface area contributed by atoms with Crippen LogP contribution in [0.4, 0.5) is 0 Å². The first-order valence-electron chi connectivity index (χ1n) is 2.64. The maximum absolute atomic E-state index is 10.6. The Morgan fingerprint density at radius 2 is 2.44 bits per heavy atom. The number of ketones is 1. The molecule has 0 spiro atoms. The lowest BCUT2D eigenvalue weighted by molar-refractivity contribution is 0.101. The van der Waals surface area contributed by atoms with Crippen LogP contribution in [0, 0.1) is 6.92 Å². The number of hydrogen-bond donors (Lipinski definition) is 0. The van der Waals surface area contributed by atoms with Crippen molar-refractivity contribution < 1.29 is 9.32 Å². The Morgan fingerprint density at radius 3 is 2.67 bits per heavy atom. The van der Waals surface area contributed by atoms with E-state index in [2.05, 4.69) is 9.68 Å². The normalized spacial score (nSPS) is 9.56. The maximum Gasteiger partial charge on any atom is 0.164 e. The van der Waals surface area contributed by atoms with E-state index in [1.165, 1.54) is 13.1 Å². The predicted molar refractivity (Wildman–Crippen MR) is 31.2 cm³/mol. The van der Waals surface area contributed by atoms with Crippen molar-refractivity contribution in [3.05, 3.63) is 17.5 Å². The van der Waals surface area contributed by atoms with Crippen LogP contribution in [0.3, 0.4) is 0 Å². The Labute approximate surface area is 52.7 Å². The first-order chi connectivity index (χ1) is 4.22. The van der Waals surface area contributed by atoms with Crippen LogP contribution in [0.2, 0.25) is 0 Å². The summed E-state index contributed by atoms with van der Waals surface area (Å²) in [4.78, 5) is 10.6. The molecule has 48 valence electrons. The van der Waals surface area contributed by atoms with Crippen molar-refractivity contribution in [3.63, 3.8) is 0 Å². The van der Waals surface area contributed by atoms with E-state index in [0.717, 1.165) is 0 Å². The average Bonchev–Trinajstić information content (AvgIpc) is 2.13. The smallest absolute Gasteiger partial charge is 0.164 e. The van der Waals surface area contributed by atoms with E-state index in [0.29, 0.717) is 11.3 Å². The molecule has 0 aliphatic heterocycles. The highest BCUT2D eigenvalue weighted by atomic mass is 16.5. The van der Waals surface area contributed by atoms with Crippen LogP contribution in [0.5, 0.6) is 0 Å². The van der Waals surface area contributed by atoms with Gasteiger partial charge in [0.1, 0.15) is 5.76 Å². The third-order valence-electron chi connectivity index (χ3n) is 1.13. The number of hydrogen-bond acceptors (Lipinski definition) is 3. The highest BCUT2D eigenvalue weighted by Crippen LogP contribution is 2.05. The Morgan fingerprint density at radius 1 is 1.78 bits per heavy atom. The highest BCUT2D eigenvalue weighted by molar-refractivity contribution is 5.94. The van der Waals surface area contributed by atoms with E-state index in [9.17, 15) is 4.79 Å². The lowest BCUT2D eigenvalue weighted by Gasteiger charge is -1.83. The van der Waals surface area contributed by atoms with Crippen LogP contribution in [-0.4, -0.2) is 10.9 Å². The van der Waals surface area contributed by atoms with Crippen LogP contribution in [-0.2, 0) is 0 Å². The zero-order valence-corrected chi connectivity index (χ0v) is 5.34. The molecule has 0 amide bonds. The van der Waals surface area contributed by atoms with Gasteiger partial charge in [-0.25, -0.2) is 0 Å². The quantitative estimate of drug-likeness (QED) is 0.529. The van der Waals surface area contributed by atoms with Crippen LogP contribution in [0.15, 0.2) is 10.7 Å². The second kappa shape index (κ2) is 2.01. The van der Waals surface area contributed by atoms with Gasteiger partial charge in [-0.05, 0) is 13.8 Å². The Bertz CT molecular complexity index is 227. The molecule has 0 aliphatic carbocycles. The average molecular weight is 125 g/mol. The maximum atomic E-state index is 10.6. The number of rotatable bonds is 1.